The topological polar surface area (TPSA) is 60.7 Å². The lowest BCUT2D eigenvalue weighted by atomic mass is 9.92. The van der Waals surface area contributed by atoms with Gasteiger partial charge in [-0.25, -0.2) is 9.37 Å². The number of hydrogen-bond donors (Lipinski definition) is 1. The molecule has 1 N–H and O–H groups in total. The van der Waals surface area contributed by atoms with Crippen molar-refractivity contribution in [3.05, 3.63) is 71.3 Å². The summed E-state index contributed by atoms with van der Waals surface area (Å²) in [4.78, 5) is 4.97. The molecule has 0 radical (unpaired) electrons. The highest BCUT2D eigenvalue weighted by molar-refractivity contribution is 5.81. The second kappa shape index (κ2) is 9.33. The molecule has 0 spiro atoms. The summed E-state index contributed by atoms with van der Waals surface area (Å²) in [6.45, 7) is 9.07. The summed E-state index contributed by atoms with van der Waals surface area (Å²) in [6, 6.07) is 14.5. The number of ether oxygens (including phenoxy) is 2. The lowest BCUT2D eigenvalue weighted by molar-refractivity contribution is 0.354. The molecule has 0 amide bonds. The summed E-state index contributed by atoms with van der Waals surface area (Å²) in [5.41, 5.74) is 5.34. The number of nitrogens with zero attached hydrogens (tertiary/aromatic N) is 3. The van der Waals surface area contributed by atoms with Gasteiger partial charge in [0.25, 0.3) is 0 Å². The molecule has 0 bridgehead atoms. The molecular weight excluding hydrogens is 431 g/mol. The Labute approximate surface area is 199 Å². The fraction of sp³-hybridized carbons (Fsp3) is 0.333. The van der Waals surface area contributed by atoms with Crippen molar-refractivity contribution in [3.8, 4) is 22.6 Å². The van der Waals surface area contributed by atoms with Crippen molar-refractivity contribution in [2.24, 2.45) is 0 Å². The van der Waals surface area contributed by atoms with E-state index in [1.165, 1.54) is 12.1 Å². The first-order valence-corrected chi connectivity index (χ1v) is 11.3. The van der Waals surface area contributed by atoms with Gasteiger partial charge in [0.05, 0.1) is 25.6 Å². The van der Waals surface area contributed by atoms with E-state index in [1.807, 2.05) is 29.6 Å². The van der Waals surface area contributed by atoms with E-state index in [4.69, 9.17) is 19.6 Å². The maximum absolute atomic E-state index is 13.5. The summed E-state index contributed by atoms with van der Waals surface area (Å²) < 4.78 is 26.1. The van der Waals surface area contributed by atoms with E-state index in [-0.39, 0.29) is 11.2 Å². The quantitative estimate of drug-likeness (QED) is 0.375. The van der Waals surface area contributed by atoms with Gasteiger partial charge in [0, 0.05) is 23.6 Å². The average molecular weight is 463 g/mol. The molecule has 2 aromatic carbocycles. The molecule has 0 aliphatic carbocycles. The number of anilines is 1. The fourth-order valence-electron chi connectivity index (χ4n) is 3.96. The van der Waals surface area contributed by atoms with Crippen molar-refractivity contribution in [1.29, 1.82) is 0 Å². The lowest BCUT2D eigenvalue weighted by Gasteiger charge is -2.20. The minimum atomic E-state index is -0.265. The second-order valence-corrected chi connectivity index (χ2v) is 9.35. The smallest absolute Gasteiger partial charge is 0.165 e. The zero-order valence-corrected chi connectivity index (χ0v) is 20.6. The minimum Gasteiger partial charge on any atom is -0.493 e. The number of benzene rings is 2. The van der Waals surface area contributed by atoms with E-state index >= 15 is 0 Å². The highest BCUT2D eigenvalue weighted by atomic mass is 19.1. The standard InChI is InChI=1S/C27H31FN4O2/c1-17-25(19-8-10-20(28)11-9-19)26-30-23(27(2,3)4)16-24(32(26)31-17)29-14-13-18-7-12-21(33-5)22(15-18)34-6/h7-12,15-16,29H,13-14H2,1-6H3. The van der Waals surface area contributed by atoms with Gasteiger partial charge in [0.15, 0.2) is 17.1 Å². The predicted molar refractivity (Wildman–Crippen MR) is 134 cm³/mol. The van der Waals surface area contributed by atoms with Crippen LogP contribution < -0.4 is 14.8 Å². The highest BCUT2D eigenvalue weighted by Crippen LogP contribution is 2.32. The predicted octanol–water partition coefficient (Wildman–Crippen LogP) is 5.81. The molecule has 0 atom stereocenters. The first-order valence-electron chi connectivity index (χ1n) is 11.3. The Morgan fingerprint density at radius 2 is 1.68 bits per heavy atom. The highest BCUT2D eigenvalue weighted by Gasteiger charge is 2.22. The van der Waals surface area contributed by atoms with Crippen LogP contribution in [-0.2, 0) is 11.8 Å². The Morgan fingerprint density at radius 3 is 2.32 bits per heavy atom. The maximum atomic E-state index is 13.5. The molecule has 178 valence electrons. The van der Waals surface area contributed by atoms with Crippen molar-refractivity contribution < 1.29 is 13.9 Å². The number of methoxy groups -OCH3 is 2. The fourth-order valence-corrected chi connectivity index (χ4v) is 3.96. The molecule has 6 nitrogen and oxygen atoms in total. The van der Waals surface area contributed by atoms with E-state index in [0.717, 1.165) is 46.0 Å². The SMILES string of the molecule is COc1ccc(CCNc2cc(C(C)(C)C)nc3c(-c4ccc(F)cc4)c(C)nn23)cc1OC. The minimum absolute atomic E-state index is 0.153. The molecule has 0 saturated carbocycles. The number of halogens is 1. The Hall–Kier alpha value is -3.61. The summed E-state index contributed by atoms with van der Waals surface area (Å²) in [5.74, 6) is 2.03. The van der Waals surface area contributed by atoms with Gasteiger partial charge in [0.1, 0.15) is 11.6 Å². The maximum Gasteiger partial charge on any atom is 0.165 e. The van der Waals surface area contributed by atoms with E-state index in [2.05, 4.69) is 32.2 Å². The van der Waals surface area contributed by atoms with Crippen LogP contribution in [0.5, 0.6) is 11.5 Å². The van der Waals surface area contributed by atoms with Crippen molar-refractivity contribution in [2.45, 2.75) is 39.5 Å². The van der Waals surface area contributed by atoms with Gasteiger partial charge in [-0.1, -0.05) is 39.0 Å². The zero-order valence-electron chi connectivity index (χ0n) is 20.6. The molecule has 0 fully saturated rings. The van der Waals surface area contributed by atoms with Crippen LogP contribution in [0.2, 0.25) is 0 Å². The van der Waals surface area contributed by atoms with Crippen molar-refractivity contribution in [3.63, 3.8) is 0 Å². The number of fused-ring (bicyclic) bond motifs is 1. The number of hydrogen-bond acceptors (Lipinski definition) is 5. The van der Waals surface area contributed by atoms with E-state index in [0.29, 0.717) is 18.0 Å². The molecule has 4 rings (SSSR count). The number of aryl methyl sites for hydroxylation is 1. The summed E-state index contributed by atoms with van der Waals surface area (Å²) in [7, 11) is 3.27. The van der Waals surface area contributed by atoms with Crippen LogP contribution in [0.25, 0.3) is 16.8 Å². The van der Waals surface area contributed by atoms with Crippen LogP contribution >= 0.6 is 0 Å². The largest absolute Gasteiger partial charge is 0.493 e. The van der Waals surface area contributed by atoms with Crippen LogP contribution in [0.3, 0.4) is 0 Å². The Morgan fingerprint density at radius 1 is 0.971 bits per heavy atom. The molecule has 34 heavy (non-hydrogen) atoms. The lowest BCUT2D eigenvalue weighted by Crippen LogP contribution is -2.17. The first kappa shape index (κ1) is 23.5. The Balaban J connectivity index is 1.69. The van der Waals surface area contributed by atoms with Crippen LogP contribution in [0.15, 0.2) is 48.5 Å². The van der Waals surface area contributed by atoms with Crippen LogP contribution in [0, 0.1) is 12.7 Å². The van der Waals surface area contributed by atoms with Gasteiger partial charge in [0.2, 0.25) is 0 Å². The van der Waals surface area contributed by atoms with E-state index in [9.17, 15) is 4.39 Å². The molecule has 0 aliphatic heterocycles. The molecule has 0 unspecified atom stereocenters. The van der Waals surface area contributed by atoms with Crippen LogP contribution in [-0.4, -0.2) is 35.4 Å². The first-order chi connectivity index (χ1) is 16.2. The Kier molecular flexibility index (Phi) is 6.46. The summed E-state index contributed by atoms with van der Waals surface area (Å²) >= 11 is 0. The number of nitrogens with one attached hydrogen (secondary N) is 1. The van der Waals surface area contributed by atoms with Crippen LogP contribution in [0.1, 0.15) is 37.7 Å². The zero-order chi connectivity index (χ0) is 24.5. The van der Waals surface area contributed by atoms with E-state index in [1.54, 1.807) is 26.4 Å². The van der Waals surface area contributed by atoms with Gasteiger partial charge < -0.3 is 14.8 Å². The van der Waals surface area contributed by atoms with Gasteiger partial charge in [-0.2, -0.15) is 9.61 Å². The third kappa shape index (κ3) is 4.69. The molecular formula is C27H31FN4O2. The normalized spacial score (nSPS) is 11.6. The third-order valence-electron chi connectivity index (χ3n) is 5.83. The summed E-state index contributed by atoms with van der Waals surface area (Å²) in [6.07, 6.45) is 0.792. The van der Waals surface area contributed by atoms with Crippen molar-refractivity contribution in [1.82, 2.24) is 14.6 Å². The molecule has 4 aromatic rings. The van der Waals surface area contributed by atoms with Crippen molar-refractivity contribution in [2.75, 3.05) is 26.1 Å². The molecule has 0 saturated heterocycles. The van der Waals surface area contributed by atoms with Gasteiger partial charge >= 0.3 is 0 Å². The molecule has 2 aromatic heterocycles. The molecule has 0 aliphatic rings. The van der Waals surface area contributed by atoms with Crippen LogP contribution in [0.4, 0.5) is 10.2 Å². The van der Waals surface area contributed by atoms with Crippen molar-refractivity contribution >= 4 is 11.5 Å². The monoisotopic (exact) mass is 462 g/mol. The summed E-state index contributed by atoms with van der Waals surface area (Å²) in [5, 5.41) is 8.32. The van der Waals surface area contributed by atoms with Gasteiger partial charge in [-0.05, 0) is 48.7 Å². The van der Waals surface area contributed by atoms with Gasteiger partial charge in [-0.3, -0.25) is 0 Å². The van der Waals surface area contributed by atoms with Gasteiger partial charge in [-0.15, -0.1) is 0 Å². The second-order valence-electron chi connectivity index (χ2n) is 9.35. The number of aromatic nitrogens is 3. The number of rotatable bonds is 7. The average Bonchev–Trinajstić information content (AvgIpc) is 3.15. The Bertz CT molecular complexity index is 1310. The molecule has 7 heteroatoms. The molecule has 2 heterocycles. The third-order valence-corrected chi connectivity index (χ3v) is 5.83. The van der Waals surface area contributed by atoms with E-state index < -0.39 is 0 Å².